The van der Waals surface area contributed by atoms with Crippen LogP contribution in [-0.4, -0.2) is 34.6 Å². The smallest absolute Gasteiger partial charge is 0.273 e. The Bertz CT molecular complexity index is 787. The van der Waals surface area contributed by atoms with Crippen LogP contribution in [0, 0.1) is 0 Å². The summed E-state index contributed by atoms with van der Waals surface area (Å²) in [5.74, 6) is 0.553. The summed E-state index contributed by atoms with van der Waals surface area (Å²) >= 11 is 1.39. The molecule has 122 valence electrons. The standard InChI is InChI=1S/C16H20N4O2S/c21-13(17-11-4-5-11)10-20-15(22)14-12(6-9-23-14)18-16(20)19-7-2-1-3-8-19/h6,9,11H,1-5,7-8,10H2,(H,17,21). The molecule has 0 unspecified atom stereocenters. The Hall–Kier alpha value is -1.89. The molecule has 3 heterocycles. The van der Waals surface area contributed by atoms with Gasteiger partial charge in [-0.25, -0.2) is 4.98 Å². The van der Waals surface area contributed by atoms with Gasteiger partial charge in [0.2, 0.25) is 11.9 Å². The number of amides is 1. The van der Waals surface area contributed by atoms with E-state index < -0.39 is 0 Å². The molecule has 4 rings (SSSR count). The molecule has 1 saturated carbocycles. The molecule has 0 aromatic carbocycles. The number of hydrogen-bond donors (Lipinski definition) is 1. The van der Waals surface area contributed by atoms with Crippen molar-refractivity contribution in [2.45, 2.75) is 44.7 Å². The van der Waals surface area contributed by atoms with Crippen molar-refractivity contribution >= 4 is 33.4 Å². The van der Waals surface area contributed by atoms with Crippen LogP contribution in [-0.2, 0) is 11.3 Å². The number of thiophene rings is 1. The maximum Gasteiger partial charge on any atom is 0.273 e. The average molecular weight is 332 g/mol. The molecular formula is C16H20N4O2S. The number of carbonyl (C=O) groups is 1. The molecule has 23 heavy (non-hydrogen) atoms. The summed E-state index contributed by atoms with van der Waals surface area (Å²) in [6, 6.07) is 2.18. The zero-order valence-electron chi connectivity index (χ0n) is 13.0. The average Bonchev–Trinajstić information content (AvgIpc) is 3.24. The molecule has 1 aliphatic carbocycles. The van der Waals surface area contributed by atoms with Gasteiger partial charge in [0.05, 0.1) is 5.52 Å². The molecule has 0 bridgehead atoms. The van der Waals surface area contributed by atoms with Gasteiger partial charge < -0.3 is 10.2 Å². The fraction of sp³-hybridized carbons (Fsp3) is 0.562. The van der Waals surface area contributed by atoms with Crippen LogP contribution in [0.3, 0.4) is 0 Å². The van der Waals surface area contributed by atoms with Gasteiger partial charge in [-0.05, 0) is 43.6 Å². The second-order valence-electron chi connectivity index (χ2n) is 6.33. The van der Waals surface area contributed by atoms with E-state index in [4.69, 9.17) is 0 Å². The predicted octanol–water partition coefficient (Wildman–Crippen LogP) is 1.73. The van der Waals surface area contributed by atoms with Crippen molar-refractivity contribution < 1.29 is 4.79 Å². The lowest BCUT2D eigenvalue weighted by atomic mass is 10.1. The lowest BCUT2D eigenvalue weighted by molar-refractivity contribution is -0.121. The van der Waals surface area contributed by atoms with E-state index in [9.17, 15) is 9.59 Å². The number of nitrogens with one attached hydrogen (secondary N) is 1. The van der Waals surface area contributed by atoms with E-state index in [1.54, 1.807) is 4.57 Å². The van der Waals surface area contributed by atoms with Gasteiger partial charge in [-0.15, -0.1) is 11.3 Å². The van der Waals surface area contributed by atoms with E-state index in [0.717, 1.165) is 44.3 Å². The fourth-order valence-electron chi connectivity index (χ4n) is 3.05. The number of anilines is 1. The molecule has 0 spiro atoms. The van der Waals surface area contributed by atoms with Gasteiger partial charge in [0.15, 0.2) is 0 Å². The predicted molar refractivity (Wildman–Crippen MR) is 91.1 cm³/mol. The number of carbonyl (C=O) groups excluding carboxylic acids is 1. The van der Waals surface area contributed by atoms with Gasteiger partial charge in [0, 0.05) is 19.1 Å². The number of nitrogens with zero attached hydrogens (tertiary/aromatic N) is 3. The minimum atomic E-state index is -0.100. The lowest BCUT2D eigenvalue weighted by Crippen LogP contribution is -2.39. The van der Waals surface area contributed by atoms with Crippen LogP contribution in [0.5, 0.6) is 0 Å². The Kier molecular flexibility index (Phi) is 3.80. The van der Waals surface area contributed by atoms with Crippen LogP contribution in [0.25, 0.3) is 10.2 Å². The number of hydrogen-bond acceptors (Lipinski definition) is 5. The Morgan fingerprint density at radius 2 is 2.09 bits per heavy atom. The molecule has 6 nitrogen and oxygen atoms in total. The summed E-state index contributed by atoms with van der Waals surface area (Å²) in [5, 5.41) is 4.84. The molecule has 1 amide bonds. The van der Waals surface area contributed by atoms with E-state index in [2.05, 4.69) is 15.2 Å². The topological polar surface area (TPSA) is 67.2 Å². The zero-order valence-corrected chi connectivity index (χ0v) is 13.8. The highest BCUT2D eigenvalue weighted by molar-refractivity contribution is 7.17. The third-order valence-electron chi connectivity index (χ3n) is 4.43. The van der Waals surface area contributed by atoms with Crippen molar-refractivity contribution in [3.63, 3.8) is 0 Å². The zero-order chi connectivity index (χ0) is 15.8. The van der Waals surface area contributed by atoms with E-state index in [0.29, 0.717) is 16.7 Å². The highest BCUT2D eigenvalue weighted by Crippen LogP contribution is 2.22. The van der Waals surface area contributed by atoms with Gasteiger partial charge in [-0.3, -0.25) is 14.2 Å². The van der Waals surface area contributed by atoms with E-state index >= 15 is 0 Å². The quantitative estimate of drug-likeness (QED) is 0.926. The third kappa shape index (κ3) is 2.97. The second-order valence-corrected chi connectivity index (χ2v) is 7.24. The molecular weight excluding hydrogens is 312 g/mol. The normalized spacial score (nSPS) is 18.3. The molecule has 1 aliphatic heterocycles. The molecule has 1 N–H and O–H groups in total. The Morgan fingerprint density at radius 3 is 2.83 bits per heavy atom. The van der Waals surface area contributed by atoms with E-state index in [1.807, 2.05) is 11.4 Å². The minimum Gasteiger partial charge on any atom is -0.352 e. The van der Waals surface area contributed by atoms with Crippen molar-refractivity contribution in [3.8, 4) is 0 Å². The number of piperidine rings is 1. The summed E-state index contributed by atoms with van der Waals surface area (Å²) in [7, 11) is 0. The largest absolute Gasteiger partial charge is 0.352 e. The molecule has 7 heteroatoms. The first kappa shape index (κ1) is 14.7. The van der Waals surface area contributed by atoms with E-state index in [1.165, 1.54) is 17.8 Å². The Morgan fingerprint density at radius 1 is 1.30 bits per heavy atom. The fourth-order valence-corrected chi connectivity index (χ4v) is 3.83. The van der Waals surface area contributed by atoms with Crippen LogP contribution in [0.2, 0.25) is 0 Å². The molecule has 1 saturated heterocycles. The lowest BCUT2D eigenvalue weighted by Gasteiger charge is -2.29. The molecule has 2 aliphatic rings. The maximum absolute atomic E-state index is 12.8. The maximum atomic E-state index is 12.8. The third-order valence-corrected chi connectivity index (χ3v) is 5.32. The summed E-state index contributed by atoms with van der Waals surface area (Å²) in [6.45, 7) is 1.85. The summed E-state index contributed by atoms with van der Waals surface area (Å²) in [4.78, 5) is 31.9. The van der Waals surface area contributed by atoms with Gasteiger partial charge in [-0.2, -0.15) is 0 Å². The minimum absolute atomic E-state index is 0.0575. The Balaban J connectivity index is 1.73. The van der Waals surface area contributed by atoms with Crippen LogP contribution in [0.15, 0.2) is 16.2 Å². The summed E-state index contributed by atoms with van der Waals surface area (Å²) < 4.78 is 2.19. The molecule has 2 fully saturated rings. The first-order valence-corrected chi connectivity index (χ1v) is 9.13. The first-order valence-electron chi connectivity index (χ1n) is 8.25. The van der Waals surface area contributed by atoms with Crippen molar-refractivity contribution in [2.75, 3.05) is 18.0 Å². The molecule has 2 aromatic rings. The summed E-state index contributed by atoms with van der Waals surface area (Å²) in [5.41, 5.74) is 0.635. The second kappa shape index (κ2) is 5.96. The molecule has 2 aromatic heterocycles. The van der Waals surface area contributed by atoms with Crippen molar-refractivity contribution in [1.82, 2.24) is 14.9 Å². The van der Waals surface area contributed by atoms with Crippen molar-refractivity contribution in [3.05, 3.63) is 21.8 Å². The van der Waals surface area contributed by atoms with Crippen LogP contribution < -0.4 is 15.8 Å². The first-order chi connectivity index (χ1) is 11.2. The van der Waals surface area contributed by atoms with Crippen LogP contribution in [0.4, 0.5) is 5.95 Å². The van der Waals surface area contributed by atoms with Gasteiger partial charge in [0.25, 0.3) is 5.56 Å². The highest BCUT2D eigenvalue weighted by atomic mass is 32.1. The Labute approximate surface area is 138 Å². The van der Waals surface area contributed by atoms with Gasteiger partial charge >= 0.3 is 0 Å². The van der Waals surface area contributed by atoms with Gasteiger partial charge in [0.1, 0.15) is 11.2 Å². The summed E-state index contributed by atoms with van der Waals surface area (Å²) in [6.07, 6.45) is 5.50. The molecule has 0 atom stereocenters. The van der Waals surface area contributed by atoms with Gasteiger partial charge in [-0.1, -0.05) is 0 Å². The number of aromatic nitrogens is 2. The number of rotatable bonds is 4. The van der Waals surface area contributed by atoms with Crippen molar-refractivity contribution in [2.24, 2.45) is 0 Å². The molecule has 0 radical (unpaired) electrons. The number of fused-ring (bicyclic) bond motifs is 1. The van der Waals surface area contributed by atoms with Crippen LogP contribution >= 0.6 is 11.3 Å². The van der Waals surface area contributed by atoms with Crippen LogP contribution in [0.1, 0.15) is 32.1 Å². The SMILES string of the molecule is O=C(Cn1c(N2CCCCC2)nc2ccsc2c1=O)NC1CC1. The highest BCUT2D eigenvalue weighted by Gasteiger charge is 2.25. The van der Waals surface area contributed by atoms with Crippen molar-refractivity contribution in [1.29, 1.82) is 0 Å². The monoisotopic (exact) mass is 332 g/mol. The van der Waals surface area contributed by atoms with E-state index in [-0.39, 0.29) is 18.0 Å².